The molecule has 5 heteroatoms. The molecule has 0 saturated carbocycles. The van der Waals surface area contributed by atoms with Gasteiger partial charge in [0.15, 0.2) is 5.82 Å². The summed E-state index contributed by atoms with van der Waals surface area (Å²) in [6, 6.07) is 10.2. The lowest BCUT2D eigenvalue weighted by Crippen LogP contribution is -2.04. The van der Waals surface area contributed by atoms with Crippen molar-refractivity contribution in [2.24, 2.45) is 0 Å². The first kappa shape index (κ1) is 14.3. The molecule has 1 aromatic carbocycles. The van der Waals surface area contributed by atoms with Crippen LogP contribution in [0.5, 0.6) is 0 Å². The summed E-state index contributed by atoms with van der Waals surface area (Å²) in [6.45, 7) is 6.71. The van der Waals surface area contributed by atoms with Crippen molar-refractivity contribution in [2.75, 3.05) is 5.32 Å². The summed E-state index contributed by atoms with van der Waals surface area (Å²) >= 11 is 0. The zero-order valence-corrected chi connectivity index (χ0v) is 12.9. The van der Waals surface area contributed by atoms with Crippen LogP contribution in [0.2, 0.25) is 0 Å². The van der Waals surface area contributed by atoms with Gasteiger partial charge in [0.1, 0.15) is 5.82 Å². The topological polar surface area (TPSA) is 63.8 Å². The molecule has 0 fully saturated rings. The minimum atomic E-state index is 0.480. The van der Waals surface area contributed by atoms with Gasteiger partial charge in [0, 0.05) is 12.7 Å². The Balaban J connectivity index is 1.84. The highest BCUT2D eigenvalue weighted by Crippen LogP contribution is 2.25. The Kier molecular flexibility index (Phi) is 3.87. The quantitative estimate of drug-likeness (QED) is 0.795. The van der Waals surface area contributed by atoms with Gasteiger partial charge in [-0.25, -0.2) is 4.98 Å². The molecule has 3 aromatic rings. The van der Waals surface area contributed by atoms with Crippen molar-refractivity contribution in [1.82, 2.24) is 15.1 Å². The van der Waals surface area contributed by atoms with E-state index in [9.17, 15) is 0 Å². The van der Waals surface area contributed by atoms with Crippen LogP contribution in [0.3, 0.4) is 0 Å². The number of nitrogens with one attached hydrogen (secondary N) is 1. The first-order valence-electron chi connectivity index (χ1n) is 7.19. The largest absolute Gasteiger partial charge is 0.365 e. The van der Waals surface area contributed by atoms with E-state index in [0.29, 0.717) is 18.3 Å². The van der Waals surface area contributed by atoms with Gasteiger partial charge >= 0.3 is 0 Å². The predicted molar refractivity (Wildman–Crippen MR) is 85.5 cm³/mol. The van der Waals surface area contributed by atoms with Crippen molar-refractivity contribution >= 4 is 5.82 Å². The second-order valence-electron chi connectivity index (χ2n) is 5.33. The maximum atomic E-state index is 5.24. The zero-order valence-electron chi connectivity index (χ0n) is 12.9. The van der Waals surface area contributed by atoms with Crippen molar-refractivity contribution < 1.29 is 4.52 Å². The van der Waals surface area contributed by atoms with Crippen molar-refractivity contribution in [1.29, 1.82) is 0 Å². The van der Waals surface area contributed by atoms with E-state index in [1.54, 1.807) is 13.1 Å². The molecular formula is C17H18N4O. The standard InChI is InChI=1S/C17H18N4O/c1-11-6-7-14(12(2)9-11)10-19-16-15(5-4-8-18-16)17-20-13(3)21-22-17/h4-9H,10H2,1-3H3,(H,18,19). The molecular weight excluding hydrogens is 276 g/mol. The zero-order chi connectivity index (χ0) is 15.5. The highest BCUT2D eigenvalue weighted by Gasteiger charge is 2.12. The molecule has 5 nitrogen and oxygen atoms in total. The van der Waals surface area contributed by atoms with Crippen LogP contribution in [0.25, 0.3) is 11.5 Å². The molecule has 22 heavy (non-hydrogen) atoms. The number of benzene rings is 1. The Morgan fingerprint density at radius 1 is 1.14 bits per heavy atom. The molecule has 0 saturated heterocycles. The van der Waals surface area contributed by atoms with E-state index in [4.69, 9.17) is 4.52 Å². The molecule has 2 aromatic heterocycles. The van der Waals surface area contributed by atoms with Gasteiger partial charge in [-0.05, 0) is 44.0 Å². The summed E-state index contributed by atoms with van der Waals surface area (Å²) in [5.74, 6) is 1.83. The molecule has 0 aliphatic carbocycles. The number of rotatable bonds is 4. The van der Waals surface area contributed by atoms with Crippen molar-refractivity contribution in [3.05, 3.63) is 59.0 Å². The van der Waals surface area contributed by atoms with Crippen LogP contribution in [-0.4, -0.2) is 15.1 Å². The minimum absolute atomic E-state index is 0.480. The number of nitrogens with zero attached hydrogens (tertiary/aromatic N) is 3. The number of hydrogen-bond donors (Lipinski definition) is 1. The van der Waals surface area contributed by atoms with Crippen molar-refractivity contribution in [2.45, 2.75) is 27.3 Å². The van der Waals surface area contributed by atoms with E-state index in [1.807, 2.05) is 12.1 Å². The van der Waals surface area contributed by atoms with Crippen LogP contribution in [0, 0.1) is 20.8 Å². The normalized spacial score (nSPS) is 10.7. The maximum absolute atomic E-state index is 5.24. The van der Waals surface area contributed by atoms with Gasteiger partial charge in [-0.2, -0.15) is 4.98 Å². The molecule has 0 amide bonds. The molecule has 0 radical (unpaired) electrons. The number of aryl methyl sites for hydroxylation is 3. The number of anilines is 1. The Labute approximate surface area is 129 Å². The molecule has 112 valence electrons. The van der Waals surface area contributed by atoms with E-state index < -0.39 is 0 Å². The second kappa shape index (κ2) is 5.97. The minimum Gasteiger partial charge on any atom is -0.365 e. The fraction of sp³-hybridized carbons (Fsp3) is 0.235. The third-order valence-corrected chi connectivity index (χ3v) is 3.51. The second-order valence-corrected chi connectivity index (χ2v) is 5.33. The lowest BCUT2D eigenvalue weighted by atomic mass is 10.1. The molecule has 3 rings (SSSR count). The summed E-state index contributed by atoms with van der Waals surface area (Å²) < 4.78 is 5.24. The smallest absolute Gasteiger partial charge is 0.261 e. The van der Waals surface area contributed by atoms with Crippen LogP contribution in [-0.2, 0) is 6.54 Å². The van der Waals surface area contributed by atoms with E-state index in [2.05, 4.69) is 52.5 Å². The average Bonchev–Trinajstić information content (AvgIpc) is 2.93. The summed E-state index contributed by atoms with van der Waals surface area (Å²) in [6.07, 6.45) is 1.75. The van der Waals surface area contributed by atoms with Gasteiger partial charge in [-0.15, -0.1) is 0 Å². The Hall–Kier alpha value is -2.69. The molecule has 0 bridgehead atoms. The van der Waals surface area contributed by atoms with Gasteiger partial charge in [0.25, 0.3) is 5.89 Å². The van der Waals surface area contributed by atoms with Crippen LogP contribution in [0.15, 0.2) is 41.1 Å². The number of hydrogen-bond acceptors (Lipinski definition) is 5. The average molecular weight is 294 g/mol. The molecule has 0 aliphatic heterocycles. The number of aromatic nitrogens is 3. The summed E-state index contributed by atoms with van der Waals surface area (Å²) in [4.78, 5) is 8.66. The Bertz CT molecular complexity index is 795. The first-order valence-corrected chi connectivity index (χ1v) is 7.19. The summed E-state index contributed by atoms with van der Waals surface area (Å²) in [5.41, 5.74) is 4.58. The van der Waals surface area contributed by atoms with E-state index >= 15 is 0 Å². The Morgan fingerprint density at radius 2 is 2.00 bits per heavy atom. The molecule has 0 unspecified atom stereocenters. The van der Waals surface area contributed by atoms with Gasteiger partial charge in [-0.3, -0.25) is 0 Å². The van der Waals surface area contributed by atoms with Gasteiger partial charge in [-0.1, -0.05) is 28.9 Å². The molecule has 0 aliphatic rings. The van der Waals surface area contributed by atoms with Crippen LogP contribution in [0.1, 0.15) is 22.5 Å². The first-order chi connectivity index (χ1) is 10.6. The van der Waals surface area contributed by atoms with Gasteiger partial charge in [0.05, 0.1) is 5.56 Å². The molecule has 0 atom stereocenters. The van der Waals surface area contributed by atoms with Crippen LogP contribution in [0.4, 0.5) is 5.82 Å². The molecule has 1 N–H and O–H groups in total. The van der Waals surface area contributed by atoms with Crippen LogP contribution < -0.4 is 5.32 Å². The Morgan fingerprint density at radius 3 is 2.73 bits per heavy atom. The molecule has 2 heterocycles. The van der Waals surface area contributed by atoms with Gasteiger partial charge in [0.2, 0.25) is 0 Å². The van der Waals surface area contributed by atoms with Gasteiger partial charge < -0.3 is 9.84 Å². The third-order valence-electron chi connectivity index (χ3n) is 3.51. The lowest BCUT2D eigenvalue weighted by Gasteiger charge is -2.11. The predicted octanol–water partition coefficient (Wildman–Crippen LogP) is 3.67. The molecule has 0 spiro atoms. The SMILES string of the molecule is Cc1ccc(CNc2ncccc2-c2nc(C)no2)c(C)c1. The van der Waals surface area contributed by atoms with Crippen molar-refractivity contribution in [3.63, 3.8) is 0 Å². The third kappa shape index (κ3) is 2.98. The fourth-order valence-electron chi connectivity index (χ4n) is 2.35. The highest BCUT2D eigenvalue weighted by atomic mass is 16.5. The monoisotopic (exact) mass is 294 g/mol. The van der Waals surface area contributed by atoms with Crippen molar-refractivity contribution in [3.8, 4) is 11.5 Å². The summed E-state index contributed by atoms with van der Waals surface area (Å²) in [7, 11) is 0. The van der Waals surface area contributed by atoms with Crippen LogP contribution >= 0.6 is 0 Å². The fourth-order valence-corrected chi connectivity index (χ4v) is 2.35. The van der Waals surface area contributed by atoms with E-state index in [0.717, 1.165) is 11.4 Å². The maximum Gasteiger partial charge on any atom is 0.261 e. The number of pyridine rings is 1. The highest BCUT2D eigenvalue weighted by molar-refractivity contribution is 5.68. The van der Waals surface area contributed by atoms with E-state index in [1.165, 1.54) is 16.7 Å². The lowest BCUT2D eigenvalue weighted by molar-refractivity contribution is 0.425. The summed E-state index contributed by atoms with van der Waals surface area (Å²) in [5, 5.41) is 7.19. The van der Waals surface area contributed by atoms with E-state index in [-0.39, 0.29) is 0 Å².